The van der Waals surface area contributed by atoms with Crippen LogP contribution in [0.1, 0.15) is 32.7 Å². The Morgan fingerprint density at radius 2 is 1.83 bits per heavy atom. The molecule has 0 saturated heterocycles. The molecule has 0 fully saturated rings. The van der Waals surface area contributed by atoms with Crippen LogP contribution in [0, 0.1) is 11.3 Å². The van der Waals surface area contributed by atoms with E-state index in [1.54, 1.807) is 23.9 Å². The number of halogens is 5. The first-order valence-electron chi connectivity index (χ1n) is 8.55. The summed E-state index contributed by atoms with van der Waals surface area (Å²) < 4.78 is 40.5. The molecule has 0 bridgehead atoms. The second kappa shape index (κ2) is 8.39. The molecule has 0 aliphatic carbocycles. The zero-order valence-corrected chi connectivity index (χ0v) is 17.0. The lowest BCUT2D eigenvalue weighted by Gasteiger charge is -2.08. The fourth-order valence-corrected chi connectivity index (χ4v) is 3.36. The highest BCUT2D eigenvalue weighted by Crippen LogP contribution is 2.31. The molecule has 0 N–H and O–H groups in total. The van der Waals surface area contributed by atoms with Gasteiger partial charge in [0.2, 0.25) is 0 Å². The molecule has 0 spiro atoms. The molecule has 0 atom stereocenters. The van der Waals surface area contributed by atoms with E-state index in [9.17, 15) is 23.2 Å². The summed E-state index contributed by atoms with van der Waals surface area (Å²) in [6.45, 7) is 0. The number of alkyl halides is 3. The zero-order valence-electron chi connectivity index (χ0n) is 15.5. The standard InChI is InChI=1S/C22H13Cl2F3N2O/c1-29-12-15(21(30)19-6-5-17(23)10-20(19)24)9-18(29)8-14(11-28)13-3-2-4-16(7-13)22(25,26)27/h2-10,12H,1H3/b14-8-. The Balaban J connectivity index is 1.99. The lowest BCUT2D eigenvalue weighted by molar-refractivity contribution is -0.137. The maximum Gasteiger partial charge on any atom is 0.416 e. The number of ketones is 1. The fraction of sp³-hybridized carbons (Fsp3) is 0.0909. The van der Waals surface area contributed by atoms with Gasteiger partial charge in [-0.2, -0.15) is 18.4 Å². The van der Waals surface area contributed by atoms with Gasteiger partial charge in [-0.05, 0) is 48.0 Å². The van der Waals surface area contributed by atoms with Crippen LogP contribution >= 0.6 is 23.2 Å². The maximum atomic E-state index is 13.0. The van der Waals surface area contributed by atoms with Crippen molar-refractivity contribution >= 4 is 40.6 Å². The SMILES string of the molecule is Cn1cc(C(=O)c2ccc(Cl)cc2Cl)cc1/C=C(/C#N)c1cccc(C(F)(F)F)c1. The average Bonchev–Trinajstić information content (AvgIpc) is 3.05. The molecule has 0 unspecified atom stereocenters. The number of rotatable bonds is 4. The number of aromatic nitrogens is 1. The van der Waals surface area contributed by atoms with Crippen molar-refractivity contribution < 1.29 is 18.0 Å². The second-order valence-electron chi connectivity index (χ2n) is 6.47. The summed E-state index contributed by atoms with van der Waals surface area (Å²) in [5.74, 6) is -0.343. The van der Waals surface area contributed by atoms with Gasteiger partial charge in [0.1, 0.15) is 0 Å². The number of hydrogen-bond acceptors (Lipinski definition) is 2. The highest BCUT2D eigenvalue weighted by atomic mass is 35.5. The molecule has 0 saturated carbocycles. The first-order chi connectivity index (χ1) is 14.1. The second-order valence-corrected chi connectivity index (χ2v) is 7.31. The molecule has 30 heavy (non-hydrogen) atoms. The summed E-state index contributed by atoms with van der Waals surface area (Å²) in [5, 5.41) is 10.1. The lowest BCUT2D eigenvalue weighted by Crippen LogP contribution is -2.05. The molecule has 8 heteroatoms. The van der Waals surface area contributed by atoms with Crippen LogP contribution in [0.3, 0.4) is 0 Å². The summed E-state index contributed by atoms with van der Waals surface area (Å²) in [7, 11) is 1.66. The van der Waals surface area contributed by atoms with E-state index in [0.717, 1.165) is 12.1 Å². The molecule has 152 valence electrons. The highest BCUT2D eigenvalue weighted by Gasteiger charge is 2.30. The third-order valence-corrected chi connectivity index (χ3v) is 4.94. The van der Waals surface area contributed by atoms with Crippen LogP contribution in [0.4, 0.5) is 13.2 Å². The van der Waals surface area contributed by atoms with Crippen molar-refractivity contribution in [1.29, 1.82) is 5.26 Å². The molecule has 0 aliphatic heterocycles. The molecular weight excluding hydrogens is 436 g/mol. The van der Waals surface area contributed by atoms with Crippen molar-refractivity contribution in [2.45, 2.75) is 6.18 Å². The minimum atomic E-state index is -4.51. The van der Waals surface area contributed by atoms with Gasteiger partial charge < -0.3 is 4.57 Å². The number of allylic oxidation sites excluding steroid dienone is 1. The molecule has 0 radical (unpaired) electrons. The van der Waals surface area contributed by atoms with E-state index < -0.39 is 11.7 Å². The van der Waals surface area contributed by atoms with E-state index in [1.807, 2.05) is 6.07 Å². The third kappa shape index (κ3) is 4.59. The first-order valence-corrected chi connectivity index (χ1v) is 9.31. The van der Waals surface area contributed by atoms with E-state index in [-0.39, 0.29) is 27.5 Å². The third-order valence-electron chi connectivity index (χ3n) is 4.39. The Labute approximate surface area is 180 Å². The highest BCUT2D eigenvalue weighted by molar-refractivity contribution is 6.37. The van der Waals surface area contributed by atoms with E-state index >= 15 is 0 Å². The van der Waals surface area contributed by atoms with Gasteiger partial charge in [-0.3, -0.25) is 4.79 Å². The Hall–Kier alpha value is -3.01. The van der Waals surface area contributed by atoms with Gasteiger partial charge in [0, 0.05) is 35.1 Å². The minimum Gasteiger partial charge on any atom is -0.350 e. The number of aryl methyl sites for hydroxylation is 1. The molecule has 3 nitrogen and oxygen atoms in total. The number of hydrogen-bond donors (Lipinski definition) is 0. The molecule has 2 aromatic carbocycles. The molecule has 0 amide bonds. The Bertz CT molecular complexity index is 1200. The summed E-state index contributed by atoms with van der Waals surface area (Å²) in [5.41, 5.74) is 0.363. The van der Waals surface area contributed by atoms with Crippen molar-refractivity contribution in [3.8, 4) is 6.07 Å². The summed E-state index contributed by atoms with van der Waals surface area (Å²) in [6, 6.07) is 12.5. The van der Waals surface area contributed by atoms with E-state index in [1.165, 1.54) is 36.4 Å². The normalized spacial score (nSPS) is 12.0. The van der Waals surface area contributed by atoms with E-state index in [0.29, 0.717) is 16.3 Å². The largest absolute Gasteiger partial charge is 0.416 e. The van der Waals surface area contributed by atoms with Gasteiger partial charge in [-0.1, -0.05) is 35.3 Å². The first kappa shape index (κ1) is 21.7. The molecule has 1 aromatic heterocycles. The van der Waals surface area contributed by atoms with Crippen LogP contribution in [0.15, 0.2) is 54.7 Å². The smallest absolute Gasteiger partial charge is 0.350 e. The topological polar surface area (TPSA) is 45.8 Å². The average molecular weight is 449 g/mol. The van der Waals surface area contributed by atoms with Crippen molar-refractivity contribution in [2.75, 3.05) is 0 Å². The Morgan fingerprint density at radius 3 is 2.47 bits per heavy atom. The van der Waals surface area contributed by atoms with Gasteiger partial charge in [0.15, 0.2) is 5.78 Å². The quantitative estimate of drug-likeness (QED) is 0.331. The Kier molecular flexibility index (Phi) is 6.06. The summed E-state index contributed by atoms with van der Waals surface area (Å²) in [4.78, 5) is 12.8. The van der Waals surface area contributed by atoms with E-state index in [2.05, 4.69) is 0 Å². The van der Waals surface area contributed by atoms with Crippen LogP contribution < -0.4 is 0 Å². The van der Waals surface area contributed by atoms with Gasteiger partial charge in [-0.25, -0.2) is 0 Å². The van der Waals surface area contributed by atoms with Crippen molar-refractivity contribution in [3.63, 3.8) is 0 Å². The van der Waals surface area contributed by atoms with E-state index in [4.69, 9.17) is 23.2 Å². The van der Waals surface area contributed by atoms with Crippen LogP contribution in [0.5, 0.6) is 0 Å². The number of benzene rings is 2. The zero-order chi connectivity index (χ0) is 22.1. The number of carbonyl (C=O) groups excluding carboxylic acids is 1. The maximum absolute atomic E-state index is 13.0. The summed E-state index contributed by atoms with van der Waals surface area (Å²) in [6.07, 6.45) is -1.53. The van der Waals surface area contributed by atoms with Crippen LogP contribution in [0.25, 0.3) is 11.6 Å². The van der Waals surface area contributed by atoms with Crippen molar-refractivity contribution in [2.24, 2.45) is 7.05 Å². The summed E-state index contributed by atoms with van der Waals surface area (Å²) >= 11 is 12.0. The van der Waals surface area contributed by atoms with Gasteiger partial charge in [0.05, 0.1) is 22.2 Å². The number of carbonyl (C=O) groups is 1. The molecule has 0 aliphatic rings. The monoisotopic (exact) mass is 448 g/mol. The van der Waals surface area contributed by atoms with Gasteiger partial charge in [0.25, 0.3) is 0 Å². The molecule has 3 rings (SSSR count). The van der Waals surface area contributed by atoms with Crippen molar-refractivity contribution in [1.82, 2.24) is 4.57 Å². The van der Waals surface area contributed by atoms with Crippen LogP contribution in [-0.4, -0.2) is 10.4 Å². The van der Waals surface area contributed by atoms with Crippen molar-refractivity contribution in [3.05, 3.63) is 92.7 Å². The van der Waals surface area contributed by atoms with Crippen LogP contribution in [0.2, 0.25) is 10.0 Å². The van der Waals surface area contributed by atoms with Gasteiger partial charge >= 0.3 is 6.18 Å². The minimum absolute atomic E-state index is 0.0332. The Morgan fingerprint density at radius 1 is 1.10 bits per heavy atom. The molecular formula is C22H13Cl2F3N2O. The van der Waals surface area contributed by atoms with Gasteiger partial charge in [-0.15, -0.1) is 0 Å². The molecule has 1 heterocycles. The van der Waals surface area contributed by atoms with Crippen LogP contribution in [-0.2, 0) is 13.2 Å². The lowest BCUT2D eigenvalue weighted by atomic mass is 10.0. The fourth-order valence-electron chi connectivity index (χ4n) is 2.87. The number of nitriles is 1. The predicted octanol–water partition coefficient (Wildman–Crippen LogP) is 6.65. The predicted molar refractivity (Wildman–Crippen MR) is 110 cm³/mol. The number of nitrogens with zero attached hydrogens (tertiary/aromatic N) is 2. The molecule has 3 aromatic rings.